The van der Waals surface area contributed by atoms with Gasteiger partial charge in [0, 0.05) is 11.3 Å². The van der Waals surface area contributed by atoms with Crippen molar-refractivity contribution in [2.75, 3.05) is 11.1 Å². The maximum absolute atomic E-state index is 13.4. The van der Waals surface area contributed by atoms with Gasteiger partial charge in [0.25, 0.3) is 5.91 Å². The molecule has 0 aliphatic carbocycles. The van der Waals surface area contributed by atoms with E-state index in [1.807, 2.05) is 0 Å². The van der Waals surface area contributed by atoms with Gasteiger partial charge in [-0.25, -0.2) is 4.39 Å². The number of halogens is 4. The lowest BCUT2D eigenvalue weighted by Gasteiger charge is -2.09. The molecule has 0 spiro atoms. The molecule has 3 nitrogen and oxygen atoms in total. The van der Waals surface area contributed by atoms with Crippen molar-refractivity contribution in [3.63, 3.8) is 0 Å². The maximum atomic E-state index is 13.4. The molecule has 0 heterocycles. The molecule has 1 amide bonds. The molecular weight excluding hydrogens is 288 g/mol. The van der Waals surface area contributed by atoms with Crippen LogP contribution in [0.15, 0.2) is 42.5 Å². The molecule has 0 aromatic heterocycles. The van der Waals surface area contributed by atoms with Crippen LogP contribution in [0.3, 0.4) is 0 Å². The maximum Gasteiger partial charge on any atom is 0.416 e. The number of carbonyl (C=O) groups excluding carboxylic acids is 1. The number of alkyl halides is 3. The highest BCUT2D eigenvalue weighted by atomic mass is 19.4. The van der Waals surface area contributed by atoms with Crippen molar-refractivity contribution in [2.45, 2.75) is 6.18 Å². The fourth-order valence-electron chi connectivity index (χ4n) is 1.64. The summed E-state index contributed by atoms with van der Waals surface area (Å²) in [6.45, 7) is 0. The highest BCUT2D eigenvalue weighted by molar-refractivity contribution is 6.04. The Hall–Kier alpha value is -2.57. The molecule has 7 heteroatoms. The predicted octanol–water partition coefficient (Wildman–Crippen LogP) is 3.68. The molecule has 0 bridgehead atoms. The Morgan fingerprint density at radius 2 is 1.67 bits per heavy atom. The number of benzene rings is 2. The zero-order valence-corrected chi connectivity index (χ0v) is 10.5. The summed E-state index contributed by atoms with van der Waals surface area (Å²) in [5.41, 5.74) is 4.69. The molecule has 2 aromatic rings. The minimum Gasteiger partial charge on any atom is -0.399 e. The highest BCUT2D eigenvalue weighted by Crippen LogP contribution is 2.29. The van der Waals surface area contributed by atoms with Gasteiger partial charge in [0.2, 0.25) is 0 Å². The quantitative estimate of drug-likeness (QED) is 0.656. The Kier molecular flexibility index (Phi) is 3.84. The van der Waals surface area contributed by atoms with E-state index < -0.39 is 23.5 Å². The van der Waals surface area contributed by atoms with Crippen molar-refractivity contribution in [1.82, 2.24) is 0 Å². The summed E-state index contributed by atoms with van der Waals surface area (Å²) in [6.07, 6.45) is -4.48. The van der Waals surface area contributed by atoms with E-state index in [9.17, 15) is 22.4 Å². The zero-order chi connectivity index (χ0) is 15.6. The average Bonchev–Trinajstić information content (AvgIpc) is 2.42. The number of anilines is 2. The van der Waals surface area contributed by atoms with Crippen LogP contribution in [0.2, 0.25) is 0 Å². The van der Waals surface area contributed by atoms with Crippen molar-refractivity contribution in [3.8, 4) is 0 Å². The first-order valence-corrected chi connectivity index (χ1v) is 5.81. The minimum atomic E-state index is -4.48. The SMILES string of the molecule is Nc1ccc(F)c(NC(=O)c2ccc(C(F)(F)F)cc2)c1. The van der Waals surface area contributed by atoms with Crippen LogP contribution in [-0.2, 0) is 6.18 Å². The lowest BCUT2D eigenvalue weighted by Crippen LogP contribution is -2.14. The lowest BCUT2D eigenvalue weighted by molar-refractivity contribution is -0.137. The first-order chi connectivity index (χ1) is 9.77. The standard InChI is InChI=1S/C14H10F4N2O/c15-11-6-5-10(19)7-12(11)20-13(21)8-1-3-9(4-2-8)14(16,17)18/h1-7H,19H2,(H,20,21). The van der Waals surface area contributed by atoms with Crippen LogP contribution in [0.4, 0.5) is 28.9 Å². The van der Waals surface area contributed by atoms with Gasteiger partial charge in [-0.3, -0.25) is 4.79 Å². The molecule has 0 atom stereocenters. The van der Waals surface area contributed by atoms with Crippen molar-refractivity contribution < 1.29 is 22.4 Å². The van der Waals surface area contributed by atoms with Crippen LogP contribution >= 0.6 is 0 Å². The van der Waals surface area contributed by atoms with Crippen LogP contribution < -0.4 is 11.1 Å². The van der Waals surface area contributed by atoms with Gasteiger partial charge in [0.1, 0.15) is 5.82 Å². The first kappa shape index (κ1) is 14.8. The Morgan fingerprint density at radius 1 is 1.05 bits per heavy atom. The fourth-order valence-corrected chi connectivity index (χ4v) is 1.64. The summed E-state index contributed by atoms with van der Waals surface area (Å²) in [5.74, 6) is -1.42. The van der Waals surface area contributed by atoms with Crippen LogP contribution in [0.5, 0.6) is 0 Å². The molecule has 2 rings (SSSR count). The van der Waals surface area contributed by atoms with Gasteiger partial charge in [-0.15, -0.1) is 0 Å². The van der Waals surface area contributed by atoms with E-state index in [-0.39, 0.29) is 16.9 Å². The fraction of sp³-hybridized carbons (Fsp3) is 0.0714. The number of hydrogen-bond donors (Lipinski definition) is 2. The van der Waals surface area contributed by atoms with Crippen LogP contribution in [0.25, 0.3) is 0 Å². The van der Waals surface area contributed by atoms with Gasteiger partial charge in [-0.1, -0.05) is 0 Å². The number of nitrogens with two attached hydrogens (primary N) is 1. The summed E-state index contributed by atoms with van der Waals surface area (Å²) >= 11 is 0. The molecular formula is C14H10F4N2O. The van der Waals surface area contributed by atoms with Gasteiger partial charge in [-0.2, -0.15) is 13.2 Å². The number of rotatable bonds is 2. The van der Waals surface area contributed by atoms with Crippen LogP contribution in [0.1, 0.15) is 15.9 Å². The van der Waals surface area contributed by atoms with Crippen molar-refractivity contribution in [2.24, 2.45) is 0 Å². The Morgan fingerprint density at radius 3 is 2.24 bits per heavy atom. The molecule has 0 aliphatic rings. The smallest absolute Gasteiger partial charge is 0.399 e. The summed E-state index contributed by atoms with van der Waals surface area (Å²) in [7, 11) is 0. The van der Waals surface area contributed by atoms with E-state index >= 15 is 0 Å². The second kappa shape index (κ2) is 5.43. The van der Waals surface area contributed by atoms with Crippen molar-refractivity contribution >= 4 is 17.3 Å². The monoisotopic (exact) mass is 298 g/mol. The van der Waals surface area contributed by atoms with Gasteiger partial charge in [-0.05, 0) is 42.5 Å². The normalized spacial score (nSPS) is 11.2. The highest BCUT2D eigenvalue weighted by Gasteiger charge is 2.30. The summed E-state index contributed by atoms with van der Waals surface area (Å²) < 4.78 is 50.6. The molecule has 21 heavy (non-hydrogen) atoms. The molecule has 0 unspecified atom stereocenters. The van der Waals surface area contributed by atoms with E-state index in [1.54, 1.807) is 0 Å². The van der Waals surface area contributed by atoms with E-state index in [4.69, 9.17) is 5.73 Å². The summed E-state index contributed by atoms with van der Waals surface area (Å²) in [6, 6.07) is 7.22. The summed E-state index contributed by atoms with van der Waals surface area (Å²) in [4.78, 5) is 11.8. The Labute approximate surface area is 117 Å². The third kappa shape index (κ3) is 3.50. The number of nitrogen functional groups attached to an aromatic ring is 1. The Balaban J connectivity index is 2.19. The molecule has 3 N–H and O–H groups in total. The van der Waals surface area contributed by atoms with E-state index in [1.165, 1.54) is 12.1 Å². The third-order valence-corrected chi connectivity index (χ3v) is 2.71. The predicted molar refractivity (Wildman–Crippen MR) is 70.2 cm³/mol. The topological polar surface area (TPSA) is 55.1 Å². The molecule has 0 saturated heterocycles. The number of amides is 1. The Bertz CT molecular complexity index is 666. The second-order valence-corrected chi connectivity index (χ2v) is 4.27. The number of nitrogens with one attached hydrogen (secondary N) is 1. The number of carbonyl (C=O) groups is 1. The van der Waals surface area contributed by atoms with Crippen LogP contribution in [0, 0.1) is 5.82 Å². The lowest BCUT2D eigenvalue weighted by atomic mass is 10.1. The minimum absolute atomic E-state index is 0.0233. The van der Waals surface area contributed by atoms with E-state index in [0.717, 1.165) is 30.3 Å². The molecule has 2 aromatic carbocycles. The molecule has 0 aliphatic heterocycles. The second-order valence-electron chi connectivity index (χ2n) is 4.27. The first-order valence-electron chi connectivity index (χ1n) is 5.81. The molecule has 110 valence electrons. The largest absolute Gasteiger partial charge is 0.416 e. The third-order valence-electron chi connectivity index (χ3n) is 2.71. The van der Waals surface area contributed by atoms with Gasteiger partial charge < -0.3 is 11.1 Å². The van der Waals surface area contributed by atoms with Crippen LogP contribution in [-0.4, -0.2) is 5.91 Å². The molecule has 0 radical (unpaired) electrons. The average molecular weight is 298 g/mol. The molecule has 0 fully saturated rings. The molecule has 0 saturated carbocycles. The van der Waals surface area contributed by atoms with E-state index in [0.29, 0.717) is 0 Å². The van der Waals surface area contributed by atoms with Gasteiger partial charge >= 0.3 is 6.18 Å². The summed E-state index contributed by atoms with van der Waals surface area (Å²) in [5, 5.41) is 2.25. The van der Waals surface area contributed by atoms with Crippen molar-refractivity contribution in [1.29, 1.82) is 0 Å². The van der Waals surface area contributed by atoms with Gasteiger partial charge in [0.05, 0.1) is 11.3 Å². The van der Waals surface area contributed by atoms with Crippen molar-refractivity contribution in [3.05, 3.63) is 59.4 Å². The van der Waals surface area contributed by atoms with E-state index in [2.05, 4.69) is 5.32 Å². The number of hydrogen-bond acceptors (Lipinski definition) is 2. The zero-order valence-electron chi connectivity index (χ0n) is 10.5. The van der Waals surface area contributed by atoms with Gasteiger partial charge in [0.15, 0.2) is 0 Å².